The predicted octanol–water partition coefficient (Wildman–Crippen LogP) is 1.83. The predicted molar refractivity (Wildman–Crippen MR) is 76.4 cm³/mol. The molecular formula is C12H20N6O2. The van der Waals surface area contributed by atoms with Crippen molar-refractivity contribution in [3.05, 3.63) is 16.3 Å². The molecule has 0 spiro atoms. The third-order valence-corrected chi connectivity index (χ3v) is 3.60. The first-order valence-electron chi connectivity index (χ1n) is 6.92. The van der Waals surface area contributed by atoms with Crippen molar-refractivity contribution in [2.45, 2.75) is 45.1 Å². The maximum Gasteiger partial charge on any atom is 0.329 e. The molecule has 3 N–H and O–H groups in total. The third-order valence-electron chi connectivity index (χ3n) is 3.60. The van der Waals surface area contributed by atoms with Gasteiger partial charge in [-0.05, 0) is 25.7 Å². The molecular weight excluding hydrogens is 260 g/mol. The summed E-state index contributed by atoms with van der Waals surface area (Å²) in [7, 11) is 0. The molecule has 0 aromatic carbocycles. The number of hydrazine groups is 1. The summed E-state index contributed by atoms with van der Waals surface area (Å²) in [5.74, 6) is 5.88. The van der Waals surface area contributed by atoms with Gasteiger partial charge >= 0.3 is 5.69 Å². The quantitative estimate of drug-likeness (QED) is 0.481. The normalized spacial score (nSPS) is 18.9. The second-order valence-corrected chi connectivity index (χ2v) is 4.94. The van der Waals surface area contributed by atoms with Gasteiger partial charge in [0.1, 0.15) is 6.20 Å². The molecule has 1 aromatic heterocycles. The second-order valence-electron chi connectivity index (χ2n) is 4.94. The van der Waals surface area contributed by atoms with Crippen LogP contribution in [0, 0.1) is 10.1 Å². The van der Waals surface area contributed by atoms with Crippen LogP contribution in [-0.4, -0.2) is 27.5 Å². The van der Waals surface area contributed by atoms with Crippen LogP contribution in [0.25, 0.3) is 0 Å². The lowest BCUT2D eigenvalue weighted by Crippen LogP contribution is -2.40. The van der Waals surface area contributed by atoms with Crippen molar-refractivity contribution in [3.8, 4) is 0 Å². The van der Waals surface area contributed by atoms with Crippen LogP contribution in [0.1, 0.15) is 39.0 Å². The molecule has 1 aliphatic rings. The van der Waals surface area contributed by atoms with Crippen LogP contribution in [-0.2, 0) is 0 Å². The molecule has 20 heavy (non-hydrogen) atoms. The Balaban J connectivity index is 2.39. The van der Waals surface area contributed by atoms with Crippen LogP contribution in [0.3, 0.4) is 0 Å². The molecule has 110 valence electrons. The number of nitrogens with zero attached hydrogens (tertiary/aromatic N) is 4. The lowest BCUT2D eigenvalue weighted by molar-refractivity contribution is -0.384. The van der Waals surface area contributed by atoms with Gasteiger partial charge in [-0.15, -0.1) is 0 Å². The van der Waals surface area contributed by atoms with Crippen LogP contribution in [0.2, 0.25) is 0 Å². The van der Waals surface area contributed by atoms with E-state index in [9.17, 15) is 10.1 Å². The van der Waals surface area contributed by atoms with E-state index in [2.05, 4.69) is 22.3 Å². The number of hydrogen-bond donors (Lipinski definition) is 2. The van der Waals surface area contributed by atoms with Crippen LogP contribution in [0.5, 0.6) is 0 Å². The summed E-state index contributed by atoms with van der Waals surface area (Å²) in [5, 5.41) is 11.2. The molecule has 0 bridgehead atoms. The monoisotopic (exact) mass is 280 g/mol. The number of hydrogen-bond acceptors (Lipinski definition) is 7. The molecule has 0 radical (unpaired) electrons. The van der Waals surface area contributed by atoms with E-state index in [1.165, 1.54) is 6.20 Å². The average molecular weight is 280 g/mol. The molecule has 8 heteroatoms. The van der Waals surface area contributed by atoms with E-state index in [-0.39, 0.29) is 11.6 Å². The fraction of sp³-hybridized carbons (Fsp3) is 0.667. The van der Waals surface area contributed by atoms with E-state index >= 15 is 0 Å². The highest BCUT2D eigenvalue weighted by Gasteiger charge is 2.29. The van der Waals surface area contributed by atoms with Crippen molar-refractivity contribution < 1.29 is 4.92 Å². The summed E-state index contributed by atoms with van der Waals surface area (Å²) in [6.07, 6.45) is 6.49. The molecule has 8 nitrogen and oxygen atoms in total. The van der Waals surface area contributed by atoms with Gasteiger partial charge in [-0.25, -0.2) is 10.8 Å². The van der Waals surface area contributed by atoms with Gasteiger partial charge in [0.05, 0.1) is 4.92 Å². The highest BCUT2D eigenvalue weighted by Crippen LogP contribution is 2.32. The minimum atomic E-state index is -0.437. The van der Waals surface area contributed by atoms with Crippen molar-refractivity contribution in [1.82, 2.24) is 9.97 Å². The first-order valence-corrected chi connectivity index (χ1v) is 6.92. The molecule has 1 aliphatic heterocycles. The number of anilines is 2. The standard InChI is InChI=1S/C12H20N6O2/c1-2-5-9-6-3-4-7-17(9)11-10(18(19)20)8-14-12(15-11)16-13/h8-9H,2-7,13H2,1H3,(H,14,15,16). The first kappa shape index (κ1) is 14.4. The Morgan fingerprint density at radius 2 is 2.40 bits per heavy atom. The summed E-state index contributed by atoms with van der Waals surface area (Å²) in [6, 6.07) is 0.299. The highest BCUT2D eigenvalue weighted by atomic mass is 16.6. The number of nitrogens with two attached hydrogens (primary N) is 1. The van der Waals surface area contributed by atoms with Gasteiger partial charge < -0.3 is 4.90 Å². The number of nitro groups is 1. The average Bonchev–Trinajstić information content (AvgIpc) is 2.47. The summed E-state index contributed by atoms with van der Waals surface area (Å²) in [5.41, 5.74) is 2.28. The summed E-state index contributed by atoms with van der Waals surface area (Å²) < 4.78 is 0. The Labute approximate surface area is 117 Å². The zero-order chi connectivity index (χ0) is 14.5. The van der Waals surface area contributed by atoms with Gasteiger partial charge in [0, 0.05) is 12.6 Å². The van der Waals surface area contributed by atoms with E-state index in [0.717, 1.165) is 38.6 Å². The Morgan fingerprint density at radius 3 is 3.05 bits per heavy atom. The van der Waals surface area contributed by atoms with E-state index in [1.807, 2.05) is 4.90 Å². The van der Waals surface area contributed by atoms with E-state index < -0.39 is 4.92 Å². The summed E-state index contributed by atoms with van der Waals surface area (Å²) in [6.45, 7) is 2.90. The van der Waals surface area contributed by atoms with Crippen molar-refractivity contribution in [3.63, 3.8) is 0 Å². The molecule has 1 unspecified atom stereocenters. The fourth-order valence-corrected chi connectivity index (χ4v) is 2.69. The number of aromatic nitrogens is 2. The fourth-order valence-electron chi connectivity index (χ4n) is 2.69. The molecule has 0 amide bonds. The maximum atomic E-state index is 11.2. The van der Waals surface area contributed by atoms with E-state index in [1.54, 1.807) is 0 Å². The number of rotatable bonds is 5. The SMILES string of the molecule is CCCC1CCCCN1c1nc(NN)ncc1[N+](=O)[O-]. The first-order chi connectivity index (χ1) is 9.67. The van der Waals surface area contributed by atoms with Gasteiger partial charge in [-0.1, -0.05) is 13.3 Å². The van der Waals surface area contributed by atoms with Crippen molar-refractivity contribution >= 4 is 17.5 Å². The maximum absolute atomic E-state index is 11.2. The van der Waals surface area contributed by atoms with Gasteiger partial charge in [-0.3, -0.25) is 15.5 Å². The van der Waals surface area contributed by atoms with Gasteiger partial charge in [-0.2, -0.15) is 4.98 Å². The molecule has 2 rings (SSSR count). The highest BCUT2D eigenvalue weighted by molar-refractivity contribution is 5.59. The number of piperidine rings is 1. The van der Waals surface area contributed by atoms with E-state index in [4.69, 9.17) is 5.84 Å². The Bertz CT molecular complexity index is 479. The Hall–Kier alpha value is -1.96. The van der Waals surface area contributed by atoms with Crippen LogP contribution in [0.15, 0.2) is 6.20 Å². The Morgan fingerprint density at radius 1 is 1.60 bits per heavy atom. The van der Waals surface area contributed by atoms with Gasteiger partial charge in [0.15, 0.2) is 0 Å². The van der Waals surface area contributed by atoms with Crippen molar-refractivity contribution in [2.24, 2.45) is 5.84 Å². The van der Waals surface area contributed by atoms with Crippen molar-refractivity contribution in [1.29, 1.82) is 0 Å². The van der Waals surface area contributed by atoms with Crippen LogP contribution >= 0.6 is 0 Å². The number of nitrogens with one attached hydrogen (secondary N) is 1. The molecule has 1 aromatic rings. The lowest BCUT2D eigenvalue weighted by atomic mass is 9.98. The Kier molecular flexibility index (Phi) is 4.67. The summed E-state index contributed by atoms with van der Waals surface area (Å²) in [4.78, 5) is 20.8. The topological polar surface area (TPSA) is 110 Å². The minimum Gasteiger partial charge on any atom is -0.348 e. The number of nitrogen functional groups attached to an aromatic ring is 1. The zero-order valence-electron chi connectivity index (χ0n) is 11.6. The zero-order valence-corrected chi connectivity index (χ0v) is 11.6. The van der Waals surface area contributed by atoms with Crippen LogP contribution in [0.4, 0.5) is 17.5 Å². The molecule has 0 saturated carbocycles. The lowest BCUT2D eigenvalue weighted by Gasteiger charge is -2.36. The minimum absolute atomic E-state index is 0.0630. The molecule has 2 heterocycles. The molecule has 1 fully saturated rings. The largest absolute Gasteiger partial charge is 0.348 e. The smallest absolute Gasteiger partial charge is 0.329 e. The van der Waals surface area contributed by atoms with Crippen LogP contribution < -0.4 is 16.2 Å². The second kappa shape index (κ2) is 6.47. The van der Waals surface area contributed by atoms with E-state index in [0.29, 0.717) is 11.9 Å². The molecule has 0 aliphatic carbocycles. The molecule has 1 saturated heterocycles. The van der Waals surface area contributed by atoms with Crippen molar-refractivity contribution in [2.75, 3.05) is 16.9 Å². The van der Waals surface area contributed by atoms with Gasteiger partial charge in [0.2, 0.25) is 11.8 Å². The van der Waals surface area contributed by atoms with Gasteiger partial charge in [0.25, 0.3) is 0 Å². The third kappa shape index (κ3) is 2.96. The summed E-state index contributed by atoms with van der Waals surface area (Å²) >= 11 is 0. The molecule has 1 atom stereocenters.